The summed E-state index contributed by atoms with van der Waals surface area (Å²) in [5.74, 6) is 0.411. The third-order valence-electron chi connectivity index (χ3n) is 4.15. The van der Waals surface area contributed by atoms with E-state index in [1.54, 1.807) is 0 Å². The number of ether oxygens (including phenoxy) is 1. The zero-order chi connectivity index (χ0) is 19.5. The quantitative estimate of drug-likeness (QED) is 0.635. The molecule has 27 heavy (non-hydrogen) atoms. The van der Waals surface area contributed by atoms with Crippen molar-refractivity contribution in [1.29, 1.82) is 0 Å². The molecule has 0 fully saturated rings. The maximum Gasteiger partial charge on any atom is 0.421 e. The van der Waals surface area contributed by atoms with Gasteiger partial charge in [0.15, 0.2) is 5.60 Å². The van der Waals surface area contributed by atoms with Gasteiger partial charge in [-0.05, 0) is 30.2 Å². The number of hydrogen-bond donors (Lipinski definition) is 1. The molecule has 3 rings (SSSR count). The van der Waals surface area contributed by atoms with Crippen molar-refractivity contribution < 1.29 is 23.0 Å². The van der Waals surface area contributed by atoms with Gasteiger partial charge in [0.2, 0.25) is 0 Å². The molecule has 0 spiro atoms. The van der Waals surface area contributed by atoms with E-state index in [-0.39, 0.29) is 12.2 Å². The minimum Gasteiger partial charge on any atom is -0.487 e. The predicted molar refractivity (Wildman–Crippen MR) is 97.8 cm³/mol. The second-order valence-corrected chi connectivity index (χ2v) is 7.22. The summed E-state index contributed by atoms with van der Waals surface area (Å²) in [4.78, 5) is 4.51. The molecule has 0 aliphatic heterocycles. The molecule has 0 saturated heterocycles. The van der Waals surface area contributed by atoms with E-state index in [0.29, 0.717) is 5.75 Å². The van der Waals surface area contributed by atoms with Crippen LogP contribution in [-0.2, 0) is 18.6 Å². The van der Waals surface area contributed by atoms with Crippen LogP contribution in [0.2, 0.25) is 0 Å². The van der Waals surface area contributed by atoms with Gasteiger partial charge in [-0.2, -0.15) is 13.2 Å². The first-order chi connectivity index (χ1) is 12.8. The van der Waals surface area contributed by atoms with Crippen molar-refractivity contribution in [3.8, 4) is 5.75 Å². The summed E-state index contributed by atoms with van der Waals surface area (Å²) in [6, 6.07) is 15.2. The highest BCUT2D eigenvalue weighted by Crippen LogP contribution is 2.38. The summed E-state index contributed by atoms with van der Waals surface area (Å²) in [5, 5.41) is 12.5. The van der Waals surface area contributed by atoms with Gasteiger partial charge in [0, 0.05) is 11.8 Å². The van der Waals surface area contributed by atoms with Gasteiger partial charge < -0.3 is 9.84 Å². The van der Waals surface area contributed by atoms with Crippen molar-refractivity contribution in [3.05, 3.63) is 81.8 Å². The Balaban J connectivity index is 1.59. The van der Waals surface area contributed by atoms with Gasteiger partial charge in [0.25, 0.3) is 0 Å². The minimum absolute atomic E-state index is 0.223. The first kappa shape index (κ1) is 19.4. The third-order valence-corrected chi connectivity index (χ3v) is 5.05. The molecule has 1 N–H and O–H groups in total. The Labute approximate surface area is 159 Å². The number of hydrogen-bond acceptors (Lipinski definition) is 4. The van der Waals surface area contributed by atoms with Crippen LogP contribution in [0.1, 0.15) is 28.8 Å². The largest absolute Gasteiger partial charge is 0.487 e. The van der Waals surface area contributed by atoms with E-state index >= 15 is 0 Å². The number of alkyl halides is 3. The number of benzene rings is 2. The van der Waals surface area contributed by atoms with Crippen molar-refractivity contribution in [2.24, 2.45) is 0 Å². The van der Waals surface area contributed by atoms with Crippen LogP contribution < -0.4 is 4.74 Å². The average Bonchev–Trinajstić information content (AvgIpc) is 3.07. The SMILES string of the molecule is C[C@](O)(c1ccc(OCc2csc(Cc3ccccc3)n2)cc1)C(F)(F)F. The molecule has 0 bridgehead atoms. The fourth-order valence-corrected chi connectivity index (χ4v) is 3.28. The summed E-state index contributed by atoms with van der Waals surface area (Å²) in [5.41, 5.74) is -1.20. The standard InChI is InChI=1S/C20H18F3NO2S/c1-19(25,20(21,22)23)15-7-9-17(10-8-15)26-12-16-13-27-18(24-16)11-14-5-3-2-4-6-14/h2-10,13,25H,11-12H2,1H3/t19-/m0/s1. The van der Waals surface area contributed by atoms with E-state index in [4.69, 9.17) is 4.74 Å². The third kappa shape index (κ3) is 4.67. The van der Waals surface area contributed by atoms with Gasteiger partial charge in [-0.1, -0.05) is 42.5 Å². The molecule has 0 saturated carbocycles. The molecule has 3 nitrogen and oxygen atoms in total. The van der Waals surface area contributed by atoms with Crippen molar-refractivity contribution in [1.82, 2.24) is 4.98 Å². The zero-order valence-corrected chi connectivity index (χ0v) is 15.3. The van der Waals surface area contributed by atoms with Crippen molar-refractivity contribution in [2.45, 2.75) is 31.7 Å². The number of aliphatic hydroxyl groups is 1. The van der Waals surface area contributed by atoms with Crippen molar-refractivity contribution >= 4 is 11.3 Å². The Morgan fingerprint density at radius 3 is 2.33 bits per heavy atom. The molecule has 0 aliphatic rings. The molecule has 0 unspecified atom stereocenters. The summed E-state index contributed by atoms with van der Waals surface area (Å²) in [6.07, 6.45) is -4.00. The fourth-order valence-electron chi connectivity index (χ4n) is 2.46. The Kier molecular flexibility index (Phi) is 5.53. The lowest BCUT2D eigenvalue weighted by molar-refractivity contribution is -0.258. The molecule has 7 heteroatoms. The number of aromatic nitrogens is 1. The number of rotatable bonds is 6. The van der Waals surface area contributed by atoms with E-state index in [1.807, 2.05) is 35.7 Å². The summed E-state index contributed by atoms with van der Waals surface area (Å²) in [6.45, 7) is 0.951. The fraction of sp³-hybridized carbons (Fsp3) is 0.250. The van der Waals surface area contributed by atoms with Crippen LogP contribution in [0.3, 0.4) is 0 Å². The Hall–Kier alpha value is -2.38. The predicted octanol–water partition coefficient (Wildman–Crippen LogP) is 5.08. The molecule has 1 atom stereocenters. The van der Waals surface area contributed by atoms with Gasteiger partial charge in [0.05, 0.1) is 10.7 Å². The van der Waals surface area contributed by atoms with E-state index in [9.17, 15) is 18.3 Å². The van der Waals surface area contributed by atoms with Crippen LogP contribution >= 0.6 is 11.3 Å². The van der Waals surface area contributed by atoms with E-state index < -0.39 is 11.8 Å². The van der Waals surface area contributed by atoms with Crippen LogP contribution in [0.4, 0.5) is 13.2 Å². The Morgan fingerprint density at radius 1 is 1.04 bits per heavy atom. The van der Waals surface area contributed by atoms with Gasteiger partial charge in [-0.15, -0.1) is 11.3 Å². The lowest BCUT2D eigenvalue weighted by Crippen LogP contribution is -2.39. The molecule has 1 heterocycles. The lowest BCUT2D eigenvalue weighted by atomic mass is 9.95. The number of halogens is 3. The molecular formula is C20H18F3NO2S. The van der Waals surface area contributed by atoms with Gasteiger partial charge in [-0.25, -0.2) is 4.98 Å². The molecule has 0 aliphatic carbocycles. The highest BCUT2D eigenvalue weighted by Gasteiger charge is 2.51. The molecule has 142 valence electrons. The van der Waals surface area contributed by atoms with Crippen molar-refractivity contribution in [2.75, 3.05) is 0 Å². The molecule has 3 aromatic rings. The molecular weight excluding hydrogens is 375 g/mol. The van der Waals surface area contributed by atoms with E-state index in [1.165, 1.54) is 41.2 Å². The second-order valence-electron chi connectivity index (χ2n) is 6.28. The summed E-state index contributed by atoms with van der Waals surface area (Å²) >= 11 is 1.54. The topological polar surface area (TPSA) is 42.4 Å². The normalized spacial score (nSPS) is 14.0. The molecule has 2 aromatic carbocycles. The maximum absolute atomic E-state index is 12.9. The van der Waals surface area contributed by atoms with Crippen LogP contribution in [0.25, 0.3) is 0 Å². The minimum atomic E-state index is -4.74. The van der Waals surface area contributed by atoms with Gasteiger partial charge >= 0.3 is 6.18 Å². The van der Waals surface area contributed by atoms with Crippen LogP contribution in [0.15, 0.2) is 60.0 Å². The monoisotopic (exact) mass is 393 g/mol. The zero-order valence-electron chi connectivity index (χ0n) is 14.5. The first-order valence-corrected chi connectivity index (χ1v) is 9.13. The number of thiazole rings is 1. The summed E-state index contributed by atoms with van der Waals surface area (Å²) < 4.78 is 44.2. The van der Waals surface area contributed by atoms with E-state index in [0.717, 1.165) is 24.0 Å². The molecule has 0 radical (unpaired) electrons. The molecule has 1 aromatic heterocycles. The highest BCUT2D eigenvalue weighted by atomic mass is 32.1. The average molecular weight is 393 g/mol. The van der Waals surface area contributed by atoms with Gasteiger partial charge in [0.1, 0.15) is 12.4 Å². The van der Waals surface area contributed by atoms with Crippen molar-refractivity contribution in [3.63, 3.8) is 0 Å². The Morgan fingerprint density at radius 2 is 1.70 bits per heavy atom. The van der Waals surface area contributed by atoms with Gasteiger partial charge in [-0.3, -0.25) is 0 Å². The highest BCUT2D eigenvalue weighted by molar-refractivity contribution is 7.09. The second kappa shape index (κ2) is 7.70. The number of nitrogens with zero attached hydrogens (tertiary/aromatic N) is 1. The van der Waals surface area contributed by atoms with Crippen LogP contribution in [0.5, 0.6) is 5.75 Å². The first-order valence-electron chi connectivity index (χ1n) is 8.25. The smallest absolute Gasteiger partial charge is 0.421 e. The maximum atomic E-state index is 12.9. The van der Waals surface area contributed by atoms with E-state index in [2.05, 4.69) is 4.98 Å². The van der Waals surface area contributed by atoms with Crippen LogP contribution in [-0.4, -0.2) is 16.3 Å². The summed E-state index contributed by atoms with van der Waals surface area (Å²) in [7, 11) is 0. The van der Waals surface area contributed by atoms with Crippen LogP contribution in [0, 0.1) is 0 Å². The Bertz CT molecular complexity index is 874. The molecule has 0 amide bonds. The lowest BCUT2D eigenvalue weighted by Gasteiger charge is -2.26.